The van der Waals surface area contributed by atoms with Crippen LogP contribution in [0.2, 0.25) is 0 Å². The van der Waals surface area contributed by atoms with Crippen LogP contribution in [0.4, 0.5) is 0 Å². The maximum Gasteiger partial charge on any atom is 0.326 e. The van der Waals surface area contributed by atoms with Gasteiger partial charge in [-0.2, -0.15) is 23.5 Å². The Morgan fingerprint density at radius 1 is 0.838 bits per heavy atom. The lowest BCUT2D eigenvalue weighted by molar-refractivity contribution is -0.142. The molecule has 0 spiro atoms. The average molecular weight is 558 g/mol. The van der Waals surface area contributed by atoms with E-state index in [-0.39, 0.29) is 25.0 Å². The second-order valence-corrected chi connectivity index (χ2v) is 10.2. The Labute approximate surface area is 224 Å². The number of nitrogens with two attached hydrogens (primary N) is 2. The van der Waals surface area contributed by atoms with E-state index in [1.54, 1.807) is 18.4 Å². The molecule has 4 unspecified atom stereocenters. The maximum absolute atomic E-state index is 13.0. The number of phenolic OH excluding ortho intramolecular Hbond substituents is 1. The molecule has 1 rings (SSSR count). The third kappa shape index (κ3) is 12.2. The van der Waals surface area contributed by atoms with Gasteiger partial charge in [-0.1, -0.05) is 12.1 Å². The van der Waals surface area contributed by atoms with Crippen LogP contribution in [0, 0.1) is 0 Å². The molecule has 0 saturated carbocycles. The minimum absolute atomic E-state index is 0.0732. The molecule has 0 aliphatic carbocycles. The van der Waals surface area contributed by atoms with Crippen LogP contribution in [0.3, 0.4) is 0 Å². The molecule has 37 heavy (non-hydrogen) atoms. The molecule has 4 atom stereocenters. The zero-order valence-electron chi connectivity index (χ0n) is 20.8. The number of rotatable bonds is 17. The first-order valence-electron chi connectivity index (χ1n) is 11.4. The Morgan fingerprint density at radius 3 is 1.84 bits per heavy atom. The van der Waals surface area contributed by atoms with E-state index >= 15 is 0 Å². The number of carbonyl (C=O) groups excluding carboxylic acids is 4. The molecule has 0 aromatic heterocycles. The molecule has 9 N–H and O–H groups in total. The zero-order chi connectivity index (χ0) is 28.0. The third-order valence-electron chi connectivity index (χ3n) is 5.24. The summed E-state index contributed by atoms with van der Waals surface area (Å²) in [6.45, 7) is 0. The minimum atomic E-state index is -1.43. The van der Waals surface area contributed by atoms with E-state index in [0.717, 1.165) is 0 Å². The van der Waals surface area contributed by atoms with Gasteiger partial charge in [-0.3, -0.25) is 19.2 Å². The van der Waals surface area contributed by atoms with Gasteiger partial charge in [0.2, 0.25) is 23.6 Å². The first-order chi connectivity index (χ1) is 17.5. The summed E-state index contributed by atoms with van der Waals surface area (Å²) < 4.78 is 0. The number of primary amides is 1. The van der Waals surface area contributed by atoms with Crippen LogP contribution in [0.1, 0.15) is 24.8 Å². The first kappa shape index (κ1) is 32.1. The normalized spacial score (nSPS) is 14.0. The summed E-state index contributed by atoms with van der Waals surface area (Å²) in [5.74, 6) is -3.31. The number of carboxylic acids is 1. The Hall–Kier alpha value is -2.97. The molecule has 0 radical (unpaired) electrons. The highest BCUT2D eigenvalue weighted by molar-refractivity contribution is 7.98. The Morgan fingerprint density at radius 2 is 1.32 bits per heavy atom. The van der Waals surface area contributed by atoms with Crippen LogP contribution >= 0.6 is 23.5 Å². The monoisotopic (exact) mass is 557 g/mol. The van der Waals surface area contributed by atoms with E-state index in [1.165, 1.54) is 35.7 Å². The quantitative estimate of drug-likeness (QED) is 0.126. The van der Waals surface area contributed by atoms with Crippen molar-refractivity contribution < 1.29 is 34.2 Å². The molecule has 12 nitrogen and oxygen atoms in total. The predicted octanol–water partition coefficient (Wildman–Crippen LogP) is -0.817. The Bertz CT molecular complexity index is 933. The number of thioether (sulfide) groups is 2. The van der Waals surface area contributed by atoms with Gasteiger partial charge in [-0.15, -0.1) is 0 Å². The van der Waals surface area contributed by atoms with Crippen molar-refractivity contribution in [2.45, 2.75) is 49.9 Å². The molecule has 206 valence electrons. The predicted molar refractivity (Wildman–Crippen MR) is 143 cm³/mol. The third-order valence-corrected chi connectivity index (χ3v) is 6.52. The fourth-order valence-corrected chi connectivity index (χ4v) is 4.15. The molecular formula is C23H35N5O7S2. The van der Waals surface area contributed by atoms with Gasteiger partial charge in [-0.05, 0) is 61.0 Å². The van der Waals surface area contributed by atoms with Crippen molar-refractivity contribution in [3.8, 4) is 5.75 Å². The fraction of sp³-hybridized carbons (Fsp3) is 0.522. The Kier molecular flexibility index (Phi) is 14.5. The molecule has 1 aromatic carbocycles. The number of hydrogen-bond acceptors (Lipinski definition) is 9. The number of carboxylic acid groups (broad SMARTS) is 1. The molecule has 0 saturated heterocycles. The van der Waals surface area contributed by atoms with Crippen molar-refractivity contribution in [2.24, 2.45) is 11.5 Å². The van der Waals surface area contributed by atoms with Crippen molar-refractivity contribution in [1.29, 1.82) is 0 Å². The fourth-order valence-electron chi connectivity index (χ4n) is 3.21. The summed E-state index contributed by atoms with van der Waals surface area (Å²) in [6, 6.07) is 1.47. The summed E-state index contributed by atoms with van der Waals surface area (Å²) in [6.07, 6.45) is 3.55. The molecule has 0 bridgehead atoms. The summed E-state index contributed by atoms with van der Waals surface area (Å²) in [5, 5.41) is 26.1. The molecule has 4 amide bonds. The van der Waals surface area contributed by atoms with Gasteiger partial charge in [0.25, 0.3) is 0 Å². The number of amides is 4. The summed E-state index contributed by atoms with van der Waals surface area (Å²) in [5.41, 5.74) is 12.0. The Balaban J connectivity index is 2.93. The van der Waals surface area contributed by atoms with Crippen LogP contribution < -0.4 is 27.4 Å². The van der Waals surface area contributed by atoms with Crippen LogP contribution in [-0.2, 0) is 30.4 Å². The minimum Gasteiger partial charge on any atom is -0.508 e. The zero-order valence-corrected chi connectivity index (χ0v) is 22.4. The molecule has 0 aliphatic heterocycles. The van der Waals surface area contributed by atoms with Crippen LogP contribution in [0.25, 0.3) is 0 Å². The number of aliphatic carboxylic acids is 1. The van der Waals surface area contributed by atoms with E-state index < -0.39 is 60.2 Å². The first-order valence-corrected chi connectivity index (χ1v) is 14.2. The van der Waals surface area contributed by atoms with Crippen molar-refractivity contribution in [3.63, 3.8) is 0 Å². The summed E-state index contributed by atoms with van der Waals surface area (Å²) >= 11 is 2.84. The standard InChI is InChI=1S/C23H35N5O7S2/c1-36-9-7-16(26-20(31)15(24)11-13-3-5-14(29)6-4-13)21(32)28-18(12-19(25)30)22(33)27-17(23(34)35)8-10-37-2/h3-6,15-18,29H,7-12,24H2,1-2H3,(H2,25,30)(H,26,31)(H,27,33)(H,28,32)(H,34,35). The number of aromatic hydroxyl groups is 1. The highest BCUT2D eigenvalue weighted by Gasteiger charge is 2.31. The largest absolute Gasteiger partial charge is 0.508 e. The number of phenols is 1. The van der Waals surface area contributed by atoms with Crippen LogP contribution in [0.5, 0.6) is 5.75 Å². The van der Waals surface area contributed by atoms with Gasteiger partial charge in [0.05, 0.1) is 12.5 Å². The second kappa shape index (κ2) is 16.7. The molecule has 0 fully saturated rings. The molecular weight excluding hydrogens is 522 g/mol. The SMILES string of the molecule is CSCCC(NC(=O)C(CC(N)=O)NC(=O)C(CCSC)NC(=O)C(N)Cc1ccc(O)cc1)C(=O)O. The molecule has 14 heteroatoms. The van der Waals surface area contributed by atoms with Gasteiger partial charge >= 0.3 is 5.97 Å². The maximum atomic E-state index is 13.0. The van der Waals surface area contributed by atoms with E-state index in [0.29, 0.717) is 17.1 Å². The van der Waals surface area contributed by atoms with Gasteiger partial charge in [0.15, 0.2) is 0 Å². The number of hydrogen-bond donors (Lipinski definition) is 7. The lowest BCUT2D eigenvalue weighted by Crippen LogP contribution is -2.58. The smallest absolute Gasteiger partial charge is 0.326 e. The van der Waals surface area contributed by atoms with Gasteiger partial charge in [0, 0.05) is 0 Å². The summed E-state index contributed by atoms with van der Waals surface area (Å²) in [4.78, 5) is 61.6. The van der Waals surface area contributed by atoms with Gasteiger partial charge in [0.1, 0.15) is 23.9 Å². The van der Waals surface area contributed by atoms with Gasteiger partial charge < -0.3 is 37.6 Å². The van der Waals surface area contributed by atoms with Crippen LogP contribution in [0.15, 0.2) is 24.3 Å². The van der Waals surface area contributed by atoms with E-state index in [9.17, 15) is 34.2 Å². The average Bonchev–Trinajstić information content (AvgIpc) is 2.84. The van der Waals surface area contributed by atoms with Crippen LogP contribution in [-0.4, -0.2) is 88.0 Å². The lowest BCUT2D eigenvalue weighted by atomic mass is 10.0. The molecule has 0 aliphatic rings. The molecule has 0 heterocycles. The second-order valence-electron chi connectivity index (χ2n) is 8.23. The topological polar surface area (TPSA) is 214 Å². The number of benzene rings is 1. The van der Waals surface area contributed by atoms with Crippen molar-refractivity contribution in [1.82, 2.24) is 16.0 Å². The highest BCUT2D eigenvalue weighted by atomic mass is 32.2. The number of nitrogens with one attached hydrogen (secondary N) is 3. The van der Waals surface area contributed by atoms with Crippen molar-refractivity contribution in [3.05, 3.63) is 29.8 Å². The van der Waals surface area contributed by atoms with Gasteiger partial charge in [-0.25, -0.2) is 4.79 Å². The van der Waals surface area contributed by atoms with Crippen molar-refractivity contribution >= 4 is 53.1 Å². The van der Waals surface area contributed by atoms with E-state index in [4.69, 9.17) is 11.5 Å². The lowest BCUT2D eigenvalue weighted by Gasteiger charge is -2.24. The number of carbonyl (C=O) groups is 5. The van der Waals surface area contributed by atoms with E-state index in [1.807, 2.05) is 6.26 Å². The van der Waals surface area contributed by atoms with E-state index in [2.05, 4.69) is 16.0 Å². The summed E-state index contributed by atoms with van der Waals surface area (Å²) in [7, 11) is 0. The molecule has 1 aromatic rings. The van der Waals surface area contributed by atoms with Crippen molar-refractivity contribution in [2.75, 3.05) is 24.0 Å². The highest BCUT2D eigenvalue weighted by Crippen LogP contribution is 2.11.